The fourth-order valence-corrected chi connectivity index (χ4v) is 4.60. The van der Waals surface area contributed by atoms with Crippen LogP contribution < -0.4 is 5.32 Å². The molecule has 2 aliphatic rings. The molecular formula is C19H23ClN4O2S. The van der Waals surface area contributed by atoms with E-state index in [9.17, 15) is 4.79 Å². The van der Waals surface area contributed by atoms with E-state index in [-0.39, 0.29) is 6.03 Å². The van der Waals surface area contributed by atoms with Gasteiger partial charge in [0.1, 0.15) is 0 Å². The molecule has 0 saturated carbocycles. The van der Waals surface area contributed by atoms with E-state index in [1.165, 1.54) is 11.3 Å². The van der Waals surface area contributed by atoms with Gasteiger partial charge in [-0.1, -0.05) is 29.8 Å². The van der Waals surface area contributed by atoms with Crippen LogP contribution in [-0.4, -0.2) is 66.2 Å². The third-order valence-electron chi connectivity index (χ3n) is 5.18. The van der Waals surface area contributed by atoms with Crippen molar-refractivity contribution in [1.29, 1.82) is 0 Å². The molecule has 2 aromatic rings. The van der Waals surface area contributed by atoms with Crippen LogP contribution in [0.15, 0.2) is 29.6 Å². The number of carbonyl (C=O) groups is 1. The number of anilines is 1. The zero-order chi connectivity index (χ0) is 18.6. The molecule has 3 heterocycles. The molecule has 0 radical (unpaired) electrons. The fraction of sp³-hybridized carbons (Fsp3) is 0.474. The summed E-state index contributed by atoms with van der Waals surface area (Å²) in [5, 5.41) is 6.11. The van der Waals surface area contributed by atoms with E-state index in [4.69, 9.17) is 16.3 Å². The number of halogens is 1. The van der Waals surface area contributed by atoms with Gasteiger partial charge < -0.3 is 9.64 Å². The van der Waals surface area contributed by atoms with Crippen LogP contribution in [0.25, 0.3) is 11.3 Å². The number of ether oxygens (including phenoxy) is 1. The van der Waals surface area contributed by atoms with Crippen LogP contribution in [0.2, 0.25) is 5.02 Å². The largest absolute Gasteiger partial charge is 0.379 e. The maximum Gasteiger partial charge on any atom is 0.323 e. The Hall–Kier alpha value is -1.67. The molecule has 2 aliphatic heterocycles. The molecule has 2 saturated heterocycles. The number of nitrogens with one attached hydrogen (secondary N) is 1. The number of thiazole rings is 1. The second-order valence-corrected chi connectivity index (χ2v) is 8.08. The summed E-state index contributed by atoms with van der Waals surface area (Å²) < 4.78 is 5.43. The first-order chi connectivity index (χ1) is 13.2. The second kappa shape index (κ2) is 8.56. The molecule has 0 spiro atoms. The molecule has 0 unspecified atom stereocenters. The average Bonchev–Trinajstić information content (AvgIpc) is 3.17. The first-order valence-electron chi connectivity index (χ1n) is 9.29. The first kappa shape index (κ1) is 18.7. The number of hydrogen-bond acceptors (Lipinski definition) is 5. The Morgan fingerprint density at radius 3 is 2.67 bits per heavy atom. The molecule has 4 rings (SSSR count). The minimum absolute atomic E-state index is 0.0736. The van der Waals surface area contributed by atoms with Gasteiger partial charge >= 0.3 is 6.03 Å². The van der Waals surface area contributed by atoms with E-state index in [2.05, 4.69) is 15.2 Å². The van der Waals surface area contributed by atoms with E-state index in [0.29, 0.717) is 16.2 Å². The number of benzene rings is 1. The van der Waals surface area contributed by atoms with Gasteiger partial charge in [0.15, 0.2) is 5.13 Å². The zero-order valence-corrected chi connectivity index (χ0v) is 16.6. The fourth-order valence-electron chi connectivity index (χ4n) is 3.67. The highest BCUT2D eigenvalue weighted by atomic mass is 35.5. The van der Waals surface area contributed by atoms with Gasteiger partial charge in [0.05, 0.1) is 18.9 Å². The average molecular weight is 407 g/mol. The standard InChI is InChI=1S/C19H23ClN4O2S/c20-16-4-2-1-3-15(16)17-13-27-18(21-17)22-19(25)24-7-5-14(6-8-24)23-9-11-26-12-10-23/h1-4,13-14H,5-12H2,(H,21,22,25). The van der Waals surface area contributed by atoms with Crippen LogP contribution in [0.5, 0.6) is 0 Å². The van der Waals surface area contributed by atoms with Crippen molar-refractivity contribution in [3.63, 3.8) is 0 Å². The summed E-state index contributed by atoms with van der Waals surface area (Å²) in [6.45, 7) is 5.19. The number of likely N-dealkylation sites (tertiary alicyclic amines) is 1. The number of amides is 2. The van der Waals surface area contributed by atoms with E-state index in [1.807, 2.05) is 34.5 Å². The Morgan fingerprint density at radius 2 is 1.93 bits per heavy atom. The van der Waals surface area contributed by atoms with Crippen LogP contribution in [0, 0.1) is 0 Å². The molecule has 0 aliphatic carbocycles. The summed E-state index contributed by atoms with van der Waals surface area (Å²) in [5.74, 6) is 0. The molecule has 2 amide bonds. The summed E-state index contributed by atoms with van der Waals surface area (Å²) in [4.78, 5) is 21.5. The third kappa shape index (κ3) is 4.43. The molecule has 1 N–H and O–H groups in total. The molecule has 144 valence electrons. The quantitative estimate of drug-likeness (QED) is 0.842. The second-order valence-electron chi connectivity index (χ2n) is 6.81. The molecule has 6 nitrogen and oxygen atoms in total. The number of piperidine rings is 1. The van der Waals surface area contributed by atoms with Crippen molar-refractivity contribution in [2.24, 2.45) is 0 Å². The van der Waals surface area contributed by atoms with Gasteiger partial charge in [-0.25, -0.2) is 9.78 Å². The third-order valence-corrected chi connectivity index (χ3v) is 6.27. The smallest absolute Gasteiger partial charge is 0.323 e. The lowest BCUT2D eigenvalue weighted by molar-refractivity contribution is 0.00419. The van der Waals surface area contributed by atoms with Crippen molar-refractivity contribution in [3.8, 4) is 11.3 Å². The van der Waals surface area contributed by atoms with Gasteiger partial charge in [-0.3, -0.25) is 10.2 Å². The van der Waals surface area contributed by atoms with E-state index in [0.717, 1.165) is 63.5 Å². The number of aromatic nitrogens is 1. The van der Waals surface area contributed by atoms with Crippen molar-refractivity contribution in [2.45, 2.75) is 18.9 Å². The number of urea groups is 1. The highest BCUT2D eigenvalue weighted by Crippen LogP contribution is 2.30. The number of nitrogens with zero attached hydrogens (tertiary/aromatic N) is 3. The van der Waals surface area contributed by atoms with Crippen LogP contribution >= 0.6 is 22.9 Å². The van der Waals surface area contributed by atoms with Gasteiger partial charge in [0.2, 0.25) is 0 Å². The van der Waals surface area contributed by atoms with Crippen molar-refractivity contribution in [3.05, 3.63) is 34.7 Å². The number of hydrogen-bond donors (Lipinski definition) is 1. The number of morpholine rings is 1. The molecular weight excluding hydrogens is 384 g/mol. The molecule has 1 aromatic heterocycles. The SMILES string of the molecule is O=C(Nc1nc(-c2ccccc2Cl)cs1)N1CCC(N2CCOCC2)CC1. The Morgan fingerprint density at radius 1 is 1.19 bits per heavy atom. The molecule has 2 fully saturated rings. The summed E-state index contributed by atoms with van der Waals surface area (Å²) in [6.07, 6.45) is 2.02. The molecule has 27 heavy (non-hydrogen) atoms. The minimum atomic E-state index is -0.0736. The van der Waals surface area contributed by atoms with Crippen LogP contribution in [0.1, 0.15) is 12.8 Å². The predicted molar refractivity (Wildman–Crippen MR) is 109 cm³/mol. The lowest BCUT2D eigenvalue weighted by Crippen LogP contribution is -2.50. The van der Waals surface area contributed by atoms with E-state index >= 15 is 0 Å². The predicted octanol–water partition coefficient (Wildman–Crippen LogP) is 3.79. The van der Waals surface area contributed by atoms with Gasteiger partial charge in [-0.15, -0.1) is 11.3 Å². The Bertz CT molecular complexity index is 786. The highest BCUT2D eigenvalue weighted by Gasteiger charge is 2.28. The monoisotopic (exact) mass is 406 g/mol. The summed E-state index contributed by atoms with van der Waals surface area (Å²) >= 11 is 7.65. The van der Waals surface area contributed by atoms with Crippen molar-refractivity contribution in [2.75, 3.05) is 44.7 Å². The Labute approximate surface area is 168 Å². The van der Waals surface area contributed by atoms with Crippen molar-refractivity contribution in [1.82, 2.24) is 14.8 Å². The van der Waals surface area contributed by atoms with Crippen LogP contribution in [0.3, 0.4) is 0 Å². The number of rotatable bonds is 3. The summed E-state index contributed by atoms with van der Waals surface area (Å²) in [7, 11) is 0. The molecule has 1 aromatic carbocycles. The van der Waals surface area contributed by atoms with Gasteiger partial charge in [0.25, 0.3) is 0 Å². The van der Waals surface area contributed by atoms with Gasteiger partial charge in [0, 0.05) is 48.2 Å². The normalized spacial score (nSPS) is 19.2. The van der Waals surface area contributed by atoms with Crippen molar-refractivity contribution >= 4 is 34.1 Å². The lowest BCUT2D eigenvalue weighted by atomic mass is 10.0. The van der Waals surface area contributed by atoms with E-state index < -0.39 is 0 Å². The van der Waals surface area contributed by atoms with Crippen LogP contribution in [-0.2, 0) is 4.74 Å². The Balaban J connectivity index is 1.32. The number of carbonyl (C=O) groups excluding carboxylic acids is 1. The summed E-state index contributed by atoms with van der Waals surface area (Å²) in [5.41, 5.74) is 1.66. The van der Waals surface area contributed by atoms with Crippen LogP contribution in [0.4, 0.5) is 9.93 Å². The summed E-state index contributed by atoms with van der Waals surface area (Å²) in [6, 6.07) is 8.07. The van der Waals surface area contributed by atoms with Gasteiger partial charge in [-0.2, -0.15) is 0 Å². The van der Waals surface area contributed by atoms with Gasteiger partial charge in [-0.05, 0) is 18.9 Å². The topological polar surface area (TPSA) is 57.7 Å². The molecule has 0 bridgehead atoms. The minimum Gasteiger partial charge on any atom is -0.379 e. The lowest BCUT2D eigenvalue weighted by Gasteiger charge is -2.39. The Kier molecular flexibility index (Phi) is 5.92. The van der Waals surface area contributed by atoms with Crippen molar-refractivity contribution < 1.29 is 9.53 Å². The maximum atomic E-state index is 12.6. The molecule has 0 atom stereocenters. The maximum absolute atomic E-state index is 12.6. The van der Waals surface area contributed by atoms with E-state index in [1.54, 1.807) is 0 Å². The zero-order valence-electron chi connectivity index (χ0n) is 15.1. The molecule has 8 heteroatoms. The first-order valence-corrected chi connectivity index (χ1v) is 10.5. The highest BCUT2D eigenvalue weighted by molar-refractivity contribution is 7.14.